The van der Waals surface area contributed by atoms with E-state index < -0.39 is 4.92 Å². The normalized spacial score (nSPS) is 12.0. The van der Waals surface area contributed by atoms with Crippen LogP contribution in [0, 0.1) is 10.1 Å². The largest absolute Gasteiger partial charge is 0.339 e. The Morgan fingerprint density at radius 3 is 2.77 bits per heavy atom. The van der Waals surface area contributed by atoms with Crippen LogP contribution in [-0.4, -0.2) is 38.4 Å². The molecule has 116 valence electrons. The van der Waals surface area contributed by atoms with Gasteiger partial charge in [0, 0.05) is 37.1 Å². The molecular weight excluding hydrogens is 284 g/mol. The van der Waals surface area contributed by atoms with Crippen molar-refractivity contribution < 1.29 is 9.72 Å². The molecule has 0 aliphatic heterocycles. The third kappa shape index (κ3) is 2.98. The Morgan fingerprint density at radius 1 is 1.50 bits per heavy atom. The number of hydrogen-bond donors (Lipinski definition) is 0. The van der Waals surface area contributed by atoms with Gasteiger partial charge in [-0.05, 0) is 25.5 Å². The SMILES string of the molecule is CCC(C)N(C)C(=O)c1ccc(-n2ccnc2)c([N+](=O)[O-])c1. The van der Waals surface area contributed by atoms with Crippen LogP contribution < -0.4 is 0 Å². The van der Waals surface area contributed by atoms with Crippen molar-refractivity contribution in [1.82, 2.24) is 14.5 Å². The molecular formula is C15H18N4O3. The molecule has 0 aliphatic carbocycles. The van der Waals surface area contributed by atoms with E-state index in [1.165, 1.54) is 12.4 Å². The van der Waals surface area contributed by atoms with Crippen LogP contribution in [0.1, 0.15) is 30.6 Å². The Kier molecular flexibility index (Phi) is 4.55. The standard InChI is InChI=1S/C15H18N4O3/c1-4-11(2)17(3)15(20)12-5-6-13(14(9-12)19(21)22)18-8-7-16-10-18/h5-11H,4H2,1-3H3. The van der Waals surface area contributed by atoms with Gasteiger partial charge in [-0.1, -0.05) is 6.92 Å². The molecule has 1 atom stereocenters. The van der Waals surface area contributed by atoms with E-state index in [-0.39, 0.29) is 17.6 Å². The molecule has 0 fully saturated rings. The fourth-order valence-electron chi connectivity index (χ4n) is 2.10. The number of amides is 1. The van der Waals surface area contributed by atoms with Crippen molar-refractivity contribution in [3.8, 4) is 5.69 Å². The number of carbonyl (C=O) groups excluding carboxylic acids is 1. The molecule has 1 aromatic carbocycles. The highest BCUT2D eigenvalue weighted by Gasteiger charge is 2.22. The van der Waals surface area contributed by atoms with Crippen molar-refractivity contribution in [2.45, 2.75) is 26.3 Å². The third-order valence-corrected chi connectivity index (χ3v) is 3.77. The van der Waals surface area contributed by atoms with Gasteiger partial charge in [-0.3, -0.25) is 14.9 Å². The second-order valence-electron chi connectivity index (χ2n) is 5.10. The summed E-state index contributed by atoms with van der Waals surface area (Å²) >= 11 is 0. The van der Waals surface area contributed by atoms with Crippen molar-refractivity contribution in [3.63, 3.8) is 0 Å². The van der Waals surface area contributed by atoms with E-state index >= 15 is 0 Å². The molecule has 0 N–H and O–H groups in total. The zero-order valence-electron chi connectivity index (χ0n) is 12.8. The number of benzene rings is 1. The van der Waals surface area contributed by atoms with Crippen LogP contribution >= 0.6 is 0 Å². The van der Waals surface area contributed by atoms with Crippen LogP contribution in [0.4, 0.5) is 5.69 Å². The summed E-state index contributed by atoms with van der Waals surface area (Å²) in [6.45, 7) is 3.92. The molecule has 2 rings (SSSR count). The minimum atomic E-state index is -0.491. The smallest absolute Gasteiger partial charge is 0.294 e. The minimum Gasteiger partial charge on any atom is -0.339 e. The number of nitro groups is 1. The third-order valence-electron chi connectivity index (χ3n) is 3.77. The van der Waals surface area contributed by atoms with Gasteiger partial charge >= 0.3 is 0 Å². The van der Waals surface area contributed by atoms with Crippen LogP contribution in [0.3, 0.4) is 0 Å². The number of carbonyl (C=O) groups is 1. The lowest BCUT2D eigenvalue weighted by atomic mass is 10.1. The molecule has 0 saturated carbocycles. The minimum absolute atomic E-state index is 0.0693. The molecule has 0 bridgehead atoms. The maximum absolute atomic E-state index is 12.4. The summed E-state index contributed by atoms with van der Waals surface area (Å²) in [4.78, 5) is 28.7. The fourth-order valence-corrected chi connectivity index (χ4v) is 2.10. The second kappa shape index (κ2) is 6.38. The monoisotopic (exact) mass is 302 g/mol. The van der Waals surface area contributed by atoms with Crippen molar-refractivity contribution in [2.75, 3.05) is 7.05 Å². The van der Waals surface area contributed by atoms with Crippen molar-refractivity contribution >= 4 is 11.6 Å². The first-order valence-electron chi connectivity index (χ1n) is 6.99. The molecule has 2 aromatic rings. The predicted octanol–water partition coefficient (Wildman–Crippen LogP) is 2.65. The average molecular weight is 302 g/mol. The van der Waals surface area contributed by atoms with E-state index in [1.54, 1.807) is 41.0 Å². The maximum atomic E-state index is 12.4. The summed E-state index contributed by atoms with van der Waals surface area (Å²) in [5.74, 6) is -0.227. The maximum Gasteiger partial charge on any atom is 0.294 e. The molecule has 22 heavy (non-hydrogen) atoms. The summed E-state index contributed by atoms with van der Waals surface area (Å²) in [6.07, 6.45) is 5.46. The van der Waals surface area contributed by atoms with Crippen molar-refractivity contribution in [1.29, 1.82) is 0 Å². The highest BCUT2D eigenvalue weighted by Crippen LogP contribution is 2.25. The van der Waals surface area contributed by atoms with Gasteiger partial charge in [-0.15, -0.1) is 0 Å². The van der Waals surface area contributed by atoms with E-state index in [9.17, 15) is 14.9 Å². The van der Waals surface area contributed by atoms with Gasteiger partial charge in [0.15, 0.2) is 0 Å². The first-order valence-corrected chi connectivity index (χ1v) is 6.99. The van der Waals surface area contributed by atoms with Gasteiger partial charge in [0.1, 0.15) is 5.69 Å². The zero-order chi connectivity index (χ0) is 16.3. The molecule has 0 spiro atoms. The second-order valence-corrected chi connectivity index (χ2v) is 5.10. The Bertz CT molecular complexity index is 682. The lowest BCUT2D eigenvalue weighted by Gasteiger charge is -2.23. The van der Waals surface area contributed by atoms with E-state index in [1.807, 2.05) is 13.8 Å². The lowest BCUT2D eigenvalue weighted by molar-refractivity contribution is -0.384. The van der Waals surface area contributed by atoms with Crippen LogP contribution in [0.25, 0.3) is 5.69 Å². The first-order chi connectivity index (χ1) is 10.5. The number of rotatable bonds is 5. The predicted molar refractivity (Wildman–Crippen MR) is 82.1 cm³/mol. The molecule has 1 amide bonds. The first kappa shape index (κ1) is 15.7. The Balaban J connectivity index is 2.42. The summed E-state index contributed by atoms with van der Waals surface area (Å²) in [7, 11) is 1.70. The summed E-state index contributed by atoms with van der Waals surface area (Å²) < 4.78 is 1.55. The molecule has 1 aromatic heterocycles. The van der Waals surface area contributed by atoms with Gasteiger partial charge < -0.3 is 9.47 Å². The Labute approximate surface area is 128 Å². The number of hydrogen-bond acceptors (Lipinski definition) is 4. The highest BCUT2D eigenvalue weighted by molar-refractivity contribution is 5.95. The van der Waals surface area contributed by atoms with E-state index in [0.717, 1.165) is 6.42 Å². The summed E-state index contributed by atoms with van der Waals surface area (Å²) in [5.41, 5.74) is 0.560. The van der Waals surface area contributed by atoms with Crippen LogP contribution in [0.2, 0.25) is 0 Å². The van der Waals surface area contributed by atoms with E-state index in [0.29, 0.717) is 11.3 Å². The number of imidazole rings is 1. The summed E-state index contributed by atoms with van der Waals surface area (Å²) in [5, 5.41) is 11.3. The van der Waals surface area contributed by atoms with E-state index in [4.69, 9.17) is 0 Å². The van der Waals surface area contributed by atoms with Gasteiger partial charge in [-0.25, -0.2) is 4.98 Å². The van der Waals surface area contributed by atoms with Crippen LogP contribution in [0.15, 0.2) is 36.9 Å². The molecule has 0 radical (unpaired) electrons. The Morgan fingerprint density at radius 2 is 2.23 bits per heavy atom. The van der Waals surface area contributed by atoms with Gasteiger partial charge in [0.05, 0.1) is 11.3 Å². The molecule has 7 heteroatoms. The van der Waals surface area contributed by atoms with Crippen molar-refractivity contribution in [2.24, 2.45) is 0 Å². The van der Waals surface area contributed by atoms with Crippen LogP contribution in [-0.2, 0) is 0 Å². The number of nitrogens with zero attached hydrogens (tertiary/aromatic N) is 4. The van der Waals surface area contributed by atoms with Crippen molar-refractivity contribution in [3.05, 3.63) is 52.6 Å². The van der Waals surface area contributed by atoms with Gasteiger partial charge in [0.25, 0.3) is 11.6 Å². The van der Waals surface area contributed by atoms with Gasteiger partial charge in [-0.2, -0.15) is 0 Å². The van der Waals surface area contributed by atoms with Gasteiger partial charge in [0.2, 0.25) is 0 Å². The van der Waals surface area contributed by atoms with Crippen LogP contribution in [0.5, 0.6) is 0 Å². The highest BCUT2D eigenvalue weighted by atomic mass is 16.6. The zero-order valence-corrected chi connectivity index (χ0v) is 12.8. The fraction of sp³-hybridized carbons (Fsp3) is 0.333. The van der Waals surface area contributed by atoms with E-state index in [2.05, 4.69) is 4.98 Å². The molecule has 0 saturated heterocycles. The molecule has 1 heterocycles. The molecule has 7 nitrogen and oxygen atoms in total. The topological polar surface area (TPSA) is 81.3 Å². The lowest BCUT2D eigenvalue weighted by Crippen LogP contribution is -2.34. The number of aromatic nitrogens is 2. The quantitative estimate of drug-likeness (QED) is 0.628. The molecule has 0 aliphatic rings. The Hall–Kier alpha value is -2.70. The molecule has 1 unspecified atom stereocenters. The summed E-state index contributed by atoms with van der Waals surface area (Å²) in [6, 6.07) is 4.55. The number of nitro benzene ring substituents is 1. The average Bonchev–Trinajstić information content (AvgIpc) is 3.06.